The molecule has 0 aliphatic carbocycles. The molecule has 0 amide bonds. The molecule has 1 aliphatic heterocycles. The fraction of sp³-hybridized carbons (Fsp3) is 0.368. The van der Waals surface area contributed by atoms with E-state index in [1.54, 1.807) is 0 Å². The lowest BCUT2D eigenvalue weighted by Crippen LogP contribution is -2.41. The Kier molecular flexibility index (Phi) is 6.44. The highest BCUT2D eigenvalue weighted by Crippen LogP contribution is 2.28. The highest BCUT2D eigenvalue weighted by Gasteiger charge is 2.27. The minimum atomic E-state index is 0. The number of aryl methyl sites for hydroxylation is 1. The third-order valence-corrected chi connectivity index (χ3v) is 4.20. The molecule has 3 heteroatoms. The van der Waals surface area contributed by atoms with E-state index >= 15 is 0 Å². The second-order valence-electron chi connectivity index (χ2n) is 5.85. The molecule has 1 aliphatic rings. The number of hydrogen-bond donors (Lipinski definition) is 1. The van der Waals surface area contributed by atoms with Crippen LogP contribution >= 0.6 is 12.4 Å². The molecule has 0 unspecified atom stereocenters. The Balaban J connectivity index is 0.00000176. The van der Waals surface area contributed by atoms with Crippen LogP contribution in [0.3, 0.4) is 0 Å². The van der Waals surface area contributed by atoms with Crippen LogP contribution in [0.5, 0.6) is 0 Å². The third-order valence-electron chi connectivity index (χ3n) is 4.20. The summed E-state index contributed by atoms with van der Waals surface area (Å²) in [7, 11) is 0. The second-order valence-corrected chi connectivity index (χ2v) is 5.85. The van der Waals surface area contributed by atoms with E-state index in [9.17, 15) is 0 Å². The molecule has 22 heavy (non-hydrogen) atoms. The van der Waals surface area contributed by atoms with Crippen molar-refractivity contribution in [2.45, 2.75) is 32.0 Å². The van der Waals surface area contributed by atoms with Crippen LogP contribution < -0.4 is 5.32 Å². The minimum Gasteiger partial charge on any atom is -0.372 e. The van der Waals surface area contributed by atoms with Gasteiger partial charge >= 0.3 is 0 Å². The maximum Gasteiger partial charge on any atom is 0.0772 e. The van der Waals surface area contributed by atoms with E-state index in [0.717, 1.165) is 19.5 Å². The zero-order valence-electron chi connectivity index (χ0n) is 13.0. The standard InChI is InChI=1S/C19H23NO.ClH/c1-15-6-5-9-17(12-15)18-10-11-20-13-19(18)21-14-16-7-3-2-4-8-16;/h2-9,12,18-20H,10-11,13-14H2,1H3;1H/t18-,19+;/m1./s1. The van der Waals surface area contributed by atoms with Crippen molar-refractivity contribution in [3.8, 4) is 0 Å². The summed E-state index contributed by atoms with van der Waals surface area (Å²) < 4.78 is 6.21. The molecule has 2 aromatic carbocycles. The normalized spacial score (nSPS) is 21.1. The molecule has 1 heterocycles. The molecule has 1 saturated heterocycles. The van der Waals surface area contributed by atoms with Gasteiger partial charge in [0.15, 0.2) is 0 Å². The van der Waals surface area contributed by atoms with Crippen molar-refractivity contribution in [2.75, 3.05) is 13.1 Å². The van der Waals surface area contributed by atoms with Gasteiger partial charge in [0.2, 0.25) is 0 Å². The predicted octanol–water partition coefficient (Wildman–Crippen LogP) is 4.08. The second kappa shape index (κ2) is 8.33. The van der Waals surface area contributed by atoms with Crippen molar-refractivity contribution in [3.63, 3.8) is 0 Å². The van der Waals surface area contributed by atoms with Gasteiger partial charge in [0.25, 0.3) is 0 Å². The number of ether oxygens (including phenoxy) is 1. The maximum atomic E-state index is 6.21. The molecule has 0 aromatic heterocycles. The summed E-state index contributed by atoms with van der Waals surface area (Å²) in [6.45, 7) is 4.86. The van der Waals surface area contributed by atoms with Crippen molar-refractivity contribution < 1.29 is 4.74 Å². The van der Waals surface area contributed by atoms with Crippen LogP contribution in [0.2, 0.25) is 0 Å². The van der Waals surface area contributed by atoms with Gasteiger partial charge in [-0.3, -0.25) is 0 Å². The zero-order valence-corrected chi connectivity index (χ0v) is 13.8. The molecule has 0 spiro atoms. The van der Waals surface area contributed by atoms with E-state index in [0.29, 0.717) is 12.5 Å². The van der Waals surface area contributed by atoms with E-state index in [4.69, 9.17) is 4.74 Å². The van der Waals surface area contributed by atoms with E-state index in [1.807, 2.05) is 6.07 Å². The molecule has 0 radical (unpaired) electrons. The lowest BCUT2D eigenvalue weighted by molar-refractivity contribution is 0.0106. The van der Waals surface area contributed by atoms with Gasteiger partial charge in [-0.05, 0) is 31.0 Å². The monoisotopic (exact) mass is 317 g/mol. The first kappa shape index (κ1) is 17.0. The number of nitrogens with one attached hydrogen (secondary N) is 1. The average Bonchev–Trinajstić information content (AvgIpc) is 2.54. The summed E-state index contributed by atoms with van der Waals surface area (Å²) in [5.41, 5.74) is 3.98. The van der Waals surface area contributed by atoms with Gasteiger partial charge in [-0.1, -0.05) is 60.2 Å². The van der Waals surface area contributed by atoms with Crippen molar-refractivity contribution in [2.24, 2.45) is 0 Å². The van der Waals surface area contributed by atoms with Crippen molar-refractivity contribution >= 4 is 12.4 Å². The van der Waals surface area contributed by atoms with Crippen LogP contribution in [0.1, 0.15) is 29.0 Å². The minimum absolute atomic E-state index is 0. The summed E-state index contributed by atoms with van der Waals surface area (Å²) in [6.07, 6.45) is 1.39. The van der Waals surface area contributed by atoms with Gasteiger partial charge in [-0.15, -0.1) is 12.4 Å². The first-order valence-electron chi connectivity index (χ1n) is 7.76. The largest absolute Gasteiger partial charge is 0.372 e. The van der Waals surface area contributed by atoms with Gasteiger partial charge < -0.3 is 10.1 Å². The van der Waals surface area contributed by atoms with Gasteiger partial charge in [-0.25, -0.2) is 0 Å². The summed E-state index contributed by atoms with van der Waals surface area (Å²) in [4.78, 5) is 0. The number of benzene rings is 2. The molecule has 118 valence electrons. The fourth-order valence-electron chi connectivity index (χ4n) is 3.06. The molecule has 0 bridgehead atoms. The fourth-order valence-corrected chi connectivity index (χ4v) is 3.06. The summed E-state index contributed by atoms with van der Waals surface area (Å²) in [5, 5.41) is 3.46. The Labute approximate surface area is 139 Å². The van der Waals surface area contributed by atoms with Crippen LogP contribution in [0.4, 0.5) is 0 Å². The Morgan fingerprint density at radius 2 is 1.91 bits per heavy atom. The van der Waals surface area contributed by atoms with E-state index in [-0.39, 0.29) is 18.5 Å². The maximum absolute atomic E-state index is 6.21. The smallest absolute Gasteiger partial charge is 0.0772 e. The van der Waals surface area contributed by atoms with E-state index < -0.39 is 0 Å². The summed E-state index contributed by atoms with van der Waals surface area (Å²) >= 11 is 0. The predicted molar refractivity (Wildman–Crippen MR) is 93.7 cm³/mol. The first-order valence-corrected chi connectivity index (χ1v) is 7.76. The molecule has 2 nitrogen and oxygen atoms in total. The summed E-state index contributed by atoms with van der Waals surface area (Å²) in [5.74, 6) is 0.495. The van der Waals surface area contributed by atoms with Crippen LogP contribution in [0, 0.1) is 6.92 Å². The Hall–Kier alpha value is -1.35. The van der Waals surface area contributed by atoms with Crippen molar-refractivity contribution in [1.29, 1.82) is 0 Å². The SMILES string of the molecule is Cc1cccc([C@H]2CCNC[C@@H]2OCc2ccccc2)c1.Cl. The van der Waals surface area contributed by atoms with Gasteiger partial charge in [0, 0.05) is 12.5 Å². The third kappa shape index (κ3) is 4.33. The summed E-state index contributed by atoms with van der Waals surface area (Å²) in [6, 6.07) is 19.3. The number of halogens is 1. The highest BCUT2D eigenvalue weighted by molar-refractivity contribution is 5.85. The molecule has 3 rings (SSSR count). The topological polar surface area (TPSA) is 21.3 Å². The van der Waals surface area contributed by atoms with Gasteiger partial charge in [0.1, 0.15) is 0 Å². The molecule has 1 N–H and O–H groups in total. The molecular weight excluding hydrogens is 294 g/mol. The van der Waals surface area contributed by atoms with Crippen LogP contribution in [0.25, 0.3) is 0 Å². The van der Waals surface area contributed by atoms with Crippen LogP contribution in [-0.2, 0) is 11.3 Å². The molecule has 1 fully saturated rings. The molecule has 0 saturated carbocycles. The van der Waals surface area contributed by atoms with E-state index in [2.05, 4.69) is 60.8 Å². The Morgan fingerprint density at radius 3 is 2.68 bits per heavy atom. The molecule has 2 aromatic rings. The first-order chi connectivity index (χ1) is 10.3. The Bertz CT molecular complexity index is 573. The number of rotatable bonds is 4. The van der Waals surface area contributed by atoms with Crippen LogP contribution in [0.15, 0.2) is 54.6 Å². The Morgan fingerprint density at radius 1 is 1.09 bits per heavy atom. The van der Waals surface area contributed by atoms with Crippen LogP contribution in [-0.4, -0.2) is 19.2 Å². The lowest BCUT2D eigenvalue weighted by atomic mass is 9.87. The van der Waals surface area contributed by atoms with E-state index in [1.165, 1.54) is 16.7 Å². The zero-order chi connectivity index (χ0) is 14.5. The van der Waals surface area contributed by atoms with Crippen molar-refractivity contribution in [3.05, 3.63) is 71.3 Å². The van der Waals surface area contributed by atoms with Gasteiger partial charge in [0.05, 0.1) is 12.7 Å². The number of hydrogen-bond acceptors (Lipinski definition) is 2. The van der Waals surface area contributed by atoms with Crippen molar-refractivity contribution in [1.82, 2.24) is 5.32 Å². The lowest BCUT2D eigenvalue weighted by Gasteiger charge is -2.32. The molecule has 2 atom stereocenters. The number of piperidine rings is 1. The molecular formula is C19H24ClNO. The average molecular weight is 318 g/mol. The quantitative estimate of drug-likeness (QED) is 0.917. The highest BCUT2D eigenvalue weighted by atomic mass is 35.5. The van der Waals surface area contributed by atoms with Gasteiger partial charge in [-0.2, -0.15) is 0 Å².